The molecule has 0 bridgehead atoms. The minimum atomic E-state index is -4.23. The zero-order valence-electron chi connectivity index (χ0n) is 8.49. The number of rotatable bonds is 4. The summed E-state index contributed by atoms with van der Waals surface area (Å²) in [7, 11) is 0. The highest BCUT2D eigenvalue weighted by Gasteiger charge is 2.29. The third kappa shape index (κ3) is 4.90. The molecule has 14 heavy (non-hydrogen) atoms. The molecule has 0 aromatic rings. The molecule has 0 saturated carbocycles. The topological polar surface area (TPSA) is 0 Å². The second kappa shape index (κ2) is 5.68. The first-order chi connectivity index (χ1) is 6.41. The van der Waals surface area contributed by atoms with E-state index >= 15 is 0 Å². The molecular weight excluding hydrogens is 189 g/mol. The van der Waals surface area contributed by atoms with Crippen LogP contribution in [0.15, 0.2) is 36.0 Å². The zero-order chi connectivity index (χ0) is 11.2. The minimum absolute atomic E-state index is 0.590. The van der Waals surface area contributed by atoms with Gasteiger partial charge in [-0.3, -0.25) is 0 Å². The Labute approximate surface area is 82.8 Å². The van der Waals surface area contributed by atoms with Crippen molar-refractivity contribution < 1.29 is 13.2 Å². The second-order valence-corrected chi connectivity index (χ2v) is 3.04. The van der Waals surface area contributed by atoms with Crippen LogP contribution in [0, 0.1) is 0 Å². The molecule has 0 N–H and O–H groups in total. The van der Waals surface area contributed by atoms with E-state index in [1.807, 2.05) is 6.92 Å². The highest BCUT2D eigenvalue weighted by Crippen LogP contribution is 2.25. The van der Waals surface area contributed by atoms with Gasteiger partial charge in [0.2, 0.25) is 0 Å². The third-order valence-corrected chi connectivity index (χ3v) is 1.80. The van der Waals surface area contributed by atoms with Crippen LogP contribution in [0.1, 0.15) is 26.7 Å². The first kappa shape index (κ1) is 13.0. The SMILES string of the molecule is C=C/C(=C\C=C(/C)C(F)(F)F)CCC. The number of allylic oxidation sites excluding steroid dienone is 5. The number of hydrogen-bond donors (Lipinski definition) is 0. The average Bonchev–Trinajstić information content (AvgIpc) is 2.10. The van der Waals surface area contributed by atoms with Crippen molar-refractivity contribution in [2.45, 2.75) is 32.9 Å². The van der Waals surface area contributed by atoms with Gasteiger partial charge in [0.05, 0.1) is 0 Å². The van der Waals surface area contributed by atoms with Gasteiger partial charge in [0.1, 0.15) is 0 Å². The fourth-order valence-corrected chi connectivity index (χ4v) is 0.869. The number of halogens is 3. The van der Waals surface area contributed by atoms with Crippen LogP contribution in [0.5, 0.6) is 0 Å². The minimum Gasteiger partial charge on any atom is -0.166 e. The Kier molecular flexibility index (Phi) is 5.28. The molecule has 0 aromatic heterocycles. The first-order valence-corrected chi connectivity index (χ1v) is 4.49. The molecule has 3 heteroatoms. The van der Waals surface area contributed by atoms with Gasteiger partial charge in [-0.05, 0) is 18.9 Å². The summed E-state index contributed by atoms with van der Waals surface area (Å²) in [5, 5.41) is 0. The van der Waals surface area contributed by atoms with Crippen LogP contribution in [0.25, 0.3) is 0 Å². The van der Waals surface area contributed by atoms with E-state index in [0.29, 0.717) is 0 Å². The smallest absolute Gasteiger partial charge is 0.166 e. The Morgan fingerprint density at radius 3 is 2.21 bits per heavy atom. The summed E-state index contributed by atoms with van der Waals surface area (Å²) in [5.41, 5.74) is 0.240. The molecule has 80 valence electrons. The van der Waals surface area contributed by atoms with Crippen molar-refractivity contribution in [3.05, 3.63) is 36.0 Å². The van der Waals surface area contributed by atoms with Gasteiger partial charge in [-0.25, -0.2) is 0 Å². The Hall–Kier alpha value is -0.990. The van der Waals surface area contributed by atoms with Crippen LogP contribution in [0.2, 0.25) is 0 Å². The molecule has 0 atom stereocenters. The molecule has 0 rings (SSSR count). The van der Waals surface area contributed by atoms with Crippen LogP contribution in [0.4, 0.5) is 13.2 Å². The molecule has 0 aliphatic heterocycles. The lowest BCUT2D eigenvalue weighted by Crippen LogP contribution is -2.08. The predicted octanol–water partition coefficient (Wildman–Crippen LogP) is 4.41. The molecule has 0 unspecified atom stereocenters. The van der Waals surface area contributed by atoms with E-state index in [9.17, 15) is 13.2 Å². The van der Waals surface area contributed by atoms with Gasteiger partial charge < -0.3 is 0 Å². The summed E-state index contributed by atoms with van der Waals surface area (Å²) in [4.78, 5) is 0. The highest BCUT2D eigenvalue weighted by atomic mass is 19.4. The van der Waals surface area contributed by atoms with Gasteiger partial charge in [-0.15, -0.1) is 0 Å². The van der Waals surface area contributed by atoms with E-state index in [4.69, 9.17) is 0 Å². The van der Waals surface area contributed by atoms with Crippen molar-refractivity contribution in [1.82, 2.24) is 0 Å². The second-order valence-electron chi connectivity index (χ2n) is 3.04. The van der Waals surface area contributed by atoms with E-state index in [1.165, 1.54) is 6.08 Å². The van der Waals surface area contributed by atoms with Gasteiger partial charge >= 0.3 is 6.18 Å². The average molecular weight is 204 g/mol. The molecule has 0 spiro atoms. The monoisotopic (exact) mass is 204 g/mol. The van der Waals surface area contributed by atoms with Gasteiger partial charge in [0.25, 0.3) is 0 Å². The van der Waals surface area contributed by atoms with E-state index in [1.54, 1.807) is 6.08 Å². The van der Waals surface area contributed by atoms with Gasteiger partial charge in [0.15, 0.2) is 0 Å². The van der Waals surface area contributed by atoms with Gasteiger partial charge in [0, 0.05) is 5.57 Å². The van der Waals surface area contributed by atoms with Crippen LogP contribution in [-0.2, 0) is 0 Å². The standard InChI is InChI=1S/C11H15F3/c1-4-6-10(5-2)8-7-9(3)11(12,13)14/h5,7-8H,2,4,6H2,1,3H3/b9-7+,10-8+. The van der Waals surface area contributed by atoms with E-state index in [2.05, 4.69) is 6.58 Å². The lowest BCUT2D eigenvalue weighted by atomic mass is 10.1. The van der Waals surface area contributed by atoms with Crippen molar-refractivity contribution in [2.75, 3.05) is 0 Å². The maximum Gasteiger partial charge on any atom is 0.412 e. The Morgan fingerprint density at radius 1 is 1.29 bits per heavy atom. The fraction of sp³-hybridized carbons (Fsp3) is 0.455. The fourth-order valence-electron chi connectivity index (χ4n) is 0.869. The first-order valence-electron chi connectivity index (χ1n) is 4.49. The van der Waals surface area contributed by atoms with E-state index < -0.39 is 11.7 Å². The molecule has 0 radical (unpaired) electrons. The predicted molar refractivity (Wildman–Crippen MR) is 53.0 cm³/mol. The summed E-state index contributed by atoms with van der Waals surface area (Å²) in [6.07, 6.45) is 1.58. The van der Waals surface area contributed by atoms with Crippen LogP contribution >= 0.6 is 0 Å². The van der Waals surface area contributed by atoms with Crippen LogP contribution < -0.4 is 0 Å². The maximum atomic E-state index is 12.1. The summed E-state index contributed by atoms with van der Waals surface area (Å²) >= 11 is 0. The van der Waals surface area contributed by atoms with Crippen LogP contribution in [-0.4, -0.2) is 6.18 Å². The molecular formula is C11H15F3. The molecule has 0 aliphatic rings. The lowest BCUT2D eigenvalue weighted by molar-refractivity contribution is -0.0912. The molecule has 0 fully saturated rings. The number of alkyl halides is 3. The Bertz CT molecular complexity index is 244. The largest absolute Gasteiger partial charge is 0.412 e. The Balaban J connectivity index is 4.57. The molecule has 0 saturated heterocycles. The normalized spacial score (nSPS) is 14.4. The molecule has 0 aliphatic carbocycles. The summed E-state index contributed by atoms with van der Waals surface area (Å²) < 4.78 is 36.2. The zero-order valence-corrected chi connectivity index (χ0v) is 8.49. The maximum absolute atomic E-state index is 12.1. The van der Waals surface area contributed by atoms with Crippen molar-refractivity contribution >= 4 is 0 Å². The lowest BCUT2D eigenvalue weighted by Gasteiger charge is -2.05. The van der Waals surface area contributed by atoms with Gasteiger partial charge in [-0.1, -0.05) is 38.2 Å². The number of hydrogen-bond acceptors (Lipinski definition) is 0. The molecule has 0 heterocycles. The van der Waals surface area contributed by atoms with Crippen molar-refractivity contribution in [3.8, 4) is 0 Å². The third-order valence-electron chi connectivity index (χ3n) is 1.80. The van der Waals surface area contributed by atoms with Crippen molar-refractivity contribution in [1.29, 1.82) is 0 Å². The molecule has 0 nitrogen and oxygen atoms in total. The van der Waals surface area contributed by atoms with Crippen LogP contribution in [0.3, 0.4) is 0 Å². The van der Waals surface area contributed by atoms with Crippen molar-refractivity contribution in [2.24, 2.45) is 0 Å². The quantitative estimate of drug-likeness (QED) is 0.595. The summed E-state index contributed by atoms with van der Waals surface area (Å²) in [5.74, 6) is 0. The van der Waals surface area contributed by atoms with Gasteiger partial charge in [-0.2, -0.15) is 13.2 Å². The summed E-state index contributed by atoms with van der Waals surface area (Å²) in [6.45, 7) is 6.57. The molecule has 0 aromatic carbocycles. The van der Waals surface area contributed by atoms with Crippen molar-refractivity contribution in [3.63, 3.8) is 0 Å². The highest BCUT2D eigenvalue weighted by molar-refractivity contribution is 5.25. The van der Waals surface area contributed by atoms with E-state index in [-0.39, 0.29) is 0 Å². The summed E-state index contributed by atoms with van der Waals surface area (Å²) in [6, 6.07) is 0. The Morgan fingerprint density at radius 2 is 1.86 bits per heavy atom. The molecule has 0 amide bonds. The van der Waals surface area contributed by atoms with E-state index in [0.717, 1.165) is 31.4 Å².